The van der Waals surface area contributed by atoms with Gasteiger partial charge in [-0.1, -0.05) is 12.1 Å². The van der Waals surface area contributed by atoms with Gasteiger partial charge in [-0.2, -0.15) is 5.01 Å². The Morgan fingerprint density at radius 3 is 2.21 bits per heavy atom. The molecule has 52 heavy (non-hydrogen) atoms. The normalized spacial score (nSPS) is 21.2. The number of amides is 5. The van der Waals surface area contributed by atoms with Crippen LogP contribution in [0.5, 0.6) is 5.75 Å². The van der Waals surface area contributed by atoms with Crippen molar-refractivity contribution in [2.45, 2.75) is 38.1 Å². The topological polar surface area (TPSA) is 172 Å². The van der Waals surface area contributed by atoms with Gasteiger partial charge in [0.1, 0.15) is 5.75 Å². The molecule has 0 bridgehead atoms. The molecular weight excluding hydrogens is 664 g/mol. The van der Waals surface area contributed by atoms with Crippen LogP contribution in [0.4, 0.5) is 22.0 Å². The Kier molecular flexibility index (Phi) is 9.13. The smallest absolute Gasteiger partial charge is 0.343 e. The minimum atomic E-state index is -0.762. The number of anilines is 3. The molecule has 15 nitrogen and oxygen atoms in total. The van der Waals surface area contributed by atoms with Crippen molar-refractivity contribution in [3.63, 3.8) is 0 Å². The van der Waals surface area contributed by atoms with E-state index < -0.39 is 23.8 Å². The molecule has 0 radical (unpaired) electrons. The van der Waals surface area contributed by atoms with Crippen LogP contribution in [0, 0.1) is 5.92 Å². The van der Waals surface area contributed by atoms with Crippen molar-refractivity contribution in [1.82, 2.24) is 35.3 Å². The molecule has 8 rings (SSSR count). The lowest BCUT2D eigenvalue weighted by Crippen LogP contribution is -2.58. The SMILES string of the molecule is Nc1nnc(-c2ccccc2O)cc1N1CCN(CC2CCN(C3CCN(c4ccc5c(c4)C(=O)N(N4CCC(=O)NC4=O)C5=O)CC3)CC2)CC1. The minimum Gasteiger partial charge on any atom is -0.507 e. The molecule has 272 valence electrons. The fraction of sp³-hybridized carbons (Fsp3) is 0.459. The Hall–Kier alpha value is -5.28. The predicted octanol–water partition coefficient (Wildman–Crippen LogP) is 2.39. The maximum absolute atomic E-state index is 13.3. The van der Waals surface area contributed by atoms with E-state index in [9.17, 15) is 24.3 Å². The van der Waals surface area contributed by atoms with Crippen molar-refractivity contribution in [3.8, 4) is 17.0 Å². The molecule has 0 aliphatic carbocycles. The van der Waals surface area contributed by atoms with E-state index in [1.165, 1.54) is 12.8 Å². The zero-order chi connectivity index (χ0) is 35.9. The molecule has 4 fully saturated rings. The molecule has 4 saturated heterocycles. The van der Waals surface area contributed by atoms with Crippen molar-refractivity contribution >= 4 is 40.9 Å². The first-order chi connectivity index (χ1) is 25.2. The van der Waals surface area contributed by atoms with Gasteiger partial charge in [-0.3, -0.25) is 24.6 Å². The highest BCUT2D eigenvalue weighted by Crippen LogP contribution is 2.34. The summed E-state index contributed by atoms with van der Waals surface area (Å²) >= 11 is 0. The predicted molar refractivity (Wildman–Crippen MR) is 194 cm³/mol. The number of nitrogen functional groups attached to an aromatic ring is 1. The largest absolute Gasteiger partial charge is 0.507 e. The lowest BCUT2D eigenvalue weighted by molar-refractivity contribution is -0.122. The monoisotopic (exact) mass is 708 g/mol. The van der Waals surface area contributed by atoms with E-state index in [-0.39, 0.29) is 29.8 Å². The Bertz CT molecular complexity index is 1880. The van der Waals surface area contributed by atoms with Gasteiger partial charge < -0.3 is 25.5 Å². The van der Waals surface area contributed by atoms with Crippen molar-refractivity contribution in [2.24, 2.45) is 5.92 Å². The fourth-order valence-corrected chi connectivity index (χ4v) is 8.37. The average Bonchev–Trinajstić information content (AvgIpc) is 3.41. The number of piperazine rings is 1. The Labute approximate surface area is 301 Å². The van der Waals surface area contributed by atoms with Gasteiger partial charge >= 0.3 is 6.03 Å². The molecule has 15 heteroatoms. The third-order valence-corrected chi connectivity index (χ3v) is 11.3. The van der Waals surface area contributed by atoms with Crippen molar-refractivity contribution < 1.29 is 24.3 Å². The van der Waals surface area contributed by atoms with E-state index in [0.717, 1.165) is 93.1 Å². The molecule has 3 aromatic rings. The third-order valence-electron chi connectivity index (χ3n) is 11.3. The van der Waals surface area contributed by atoms with Crippen LogP contribution >= 0.6 is 0 Å². The summed E-state index contributed by atoms with van der Waals surface area (Å²) in [6.07, 6.45) is 4.46. The molecule has 1 aromatic heterocycles. The number of rotatable bonds is 7. The van der Waals surface area contributed by atoms with Crippen LogP contribution < -0.4 is 20.9 Å². The number of hydrogen-bond donors (Lipinski definition) is 3. The van der Waals surface area contributed by atoms with Crippen LogP contribution in [0.1, 0.15) is 52.8 Å². The number of phenolic OH excluding ortho intramolecular Hbond substituents is 1. The number of hydrazine groups is 1. The second-order valence-electron chi connectivity index (χ2n) is 14.4. The molecule has 6 heterocycles. The van der Waals surface area contributed by atoms with E-state index in [1.54, 1.807) is 24.3 Å². The summed E-state index contributed by atoms with van der Waals surface area (Å²) in [5.74, 6) is -0.266. The van der Waals surface area contributed by atoms with Crippen LogP contribution in [-0.2, 0) is 4.79 Å². The summed E-state index contributed by atoms with van der Waals surface area (Å²) in [6.45, 7) is 8.65. The van der Waals surface area contributed by atoms with E-state index in [0.29, 0.717) is 29.0 Å². The molecule has 0 unspecified atom stereocenters. The summed E-state index contributed by atoms with van der Waals surface area (Å²) in [4.78, 5) is 60.1. The number of fused-ring (bicyclic) bond motifs is 1. The van der Waals surface area contributed by atoms with Crippen LogP contribution in [-0.4, -0.2) is 130 Å². The maximum atomic E-state index is 13.3. The Morgan fingerprint density at radius 1 is 0.750 bits per heavy atom. The summed E-state index contributed by atoms with van der Waals surface area (Å²) in [7, 11) is 0. The fourth-order valence-electron chi connectivity index (χ4n) is 8.37. The quantitative estimate of drug-likeness (QED) is 0.307. The highest BCUT2D eigenvalue weighted by atomic mass is 16.3. The lowest BCUT2D eigenvalue weighted by Gasteiger charge is -2.43. The van der Waals surface area contributed by atoms with Gasteiger partial charge in [0.15, 0.2) is 5.82 Å². The van der Waals surface area contributed by atoms with Gasteiger partial charge in [-0.25, -0.2) is 9.80 Å². The van der Waals surface area contributed by atoms with Crippen LogP contribution in [0.25, 0.3) is 11.3 Å². The van der Waals surface area contributed by atoms with Gasteiger partial charge in [0.25, 0.3) is 11.8 Å². The number of aromatic hydroxyl groups is 1. The van der Waals surface area contributed by atoms with Gasteiger partial charge in [0.05, 0.1) is 29.1 Å². The number of urea groups is 1. The molecule has 0 spiro atoms. The van der Waals surface area contributed by atoms with E-state index in [4.69, 9.17) is 5.73 Å². The number of nitrogens with two attached hydrogens (primary N) is 1. The van der Waals surface area contributed by atoms with Gasteiger partial charge in [-0.15, -0.1) is 10.2 Å². The minimum absolute atomic E-state index is 0.0177. The van der Waals surface area contributed by atoms with Gasteiger partial charge in [-0.05, 0) is 81.1 Å². The second kappa shape index (κ2) is 14.0. The number of nitrogens with one attached hydrogen (secondary N) is 1. The van der Waals surface area contributed by atoms with Crippen molar-refractivity contribution in [1.29, 1.82) is 0 Å². The van der Waals surface area contributed by atoms with Crippen molar-refractivity contribution in [3.05, 3.63) is 59.7 Å². The first-order valence-corrected chi connectivity index (χ1v) is 18.3. The number of nitrogens with zero attached hydrogens (tertiary/aromatic N) is 8. The number of piperidine rings is 2. The maximum Gasteiger partial charge on any atom is 0.343 e. The Balaban J connectivity index is 0.795. The summed E-state index contributed by atoms with van der Waals surface area (Å²) < 4.78 is 0. The molecule has 0 atom stereocenters. The highest BCUT2D eigenvalue weighted by molar-refractivity contribution is 6.22. The number of likely N-dealkylation sites (tertiary alicyclic amines) is 1. The van der Waals surface area contributed by atoms with Gasteiger partial charge in [0.2, 0.25) is 5.91 Å². The highest BCUT2D eigenvalue weighted by Gasteiger charge is 2.43. The zero-order valence-corrected chi connectivity index (χ0v) is 29.1. The third kappa shape index (κ3) is 6.50. The van der Waals surface area contributed by atoms with Gasteiger partial charge in [0, 0.05) is 69.5 Å². The van der Waals surface area contributed by atoms with Crippen LogP contribution in [0.15, 0.2) is 48.5 Å². The molecule has 0 saturated carbocycles. The number of imide groups is 2. The number of aromatic nitrogens is 2. The molecule has 2 aromatic carbocycles. The number of para-hydroxylation sites is 1. The Morgan fingerprint density at radius 2 is 1.48 bits per heavy atom. The van der Waals surface area contributed by atoms with Crippen molar-refractivity contribution in [2.75, 3.05) is 81.0 Å². The average molecular weight is 709 g/mol. The summed E-state index contributed by atoms with van der Waals surface area (Å²) in [6, 6.07) is 14.2. The molecule has 5 aliphatic rings. The number of hydrogen-bond acceptors (Lipinski definition) is 12. The molecule has 5 aliphatic heterocycles. The first kappa shape index (κ1) is 33.8. The van der Waals surface area contributed by atoms with E-state index in [1.807, 2.05) is 24.3 Å². The lowest BCUT2D eigenvalue weighted by atomic mass is 9.92. The number of carbonyl (C=O) groups is 4. The summed E-state index contributed by atoms with van der Waals surface area (Å²) in [5.41, 5.74) is 9.82. The number of benzene rings is 2. The number of carbonyl (C=O) groups excluding carboxylic acids is 4. The molecule has 5 amide bonds. The molecule has 4 N–H and O–H groups in total. The first-order valence-electron chi connectivity index (χ1n) is 18.3. The summed E-state index contributed by atoms with van der Waals surface area (Å²) in [5, 5.41) is 22.8. The van der Waals surface area contributed by atoms with Crippen LogP contribution in [0.3, 0.4) is 0 Å². The number of phenols is 1. The second-order valence-corrected chi connectivity index (χ2v) is 14.4. The van der Waals surface area contributed by atoms with E-state index >= 15 is 0 Å². The molecular formula is C37H44N10O5. The zero-order valence-electron chi connectivity index (χ0n) is 29.1. The van der Waals surface area contributed by atoms with Crippen LogP contribution in [0.2, 0.25) is 0 Å². The van der Waals surface area contributed by atoms with E-state index in [2.05, 4.69) is 35.1 Å². The standard InChI is InChI=1S/C37H44N10O5/c38-34-31(22-30(40-41-34)28-3-1-2-4-32(28)48)45-19-17-42(18-20-45)23-24-7-12-43(13-8-24)25-9-14-44(15-10-25)26-5-6-27-29(21-26)36(51)47(35(27)50)46-16-11-33(49)39-37(46)52/h1-6,21-22,24-25,48H,7-20,23H2,(H2,38,41)(H,39,49,52).